The van der Waals surface area contributed by atoms with Crippen LogP contribution in [-0.2, 0) is 9.47 Å². The van der Waals surface area contributed by atoms with E-state index >= 15 is 0 Å². The highest BCUT2D eigenvalue weighted by atomic mass is 19.3. The molecule has 0 aromatic heterocycles. The number of alkyl halides is 2. The predicted molar refractivity (Wildman–Crippen MR) is 35.2 cm³/mol. The van der Waals surface area contributed by atoms with E-state index in [4.69, 9.17) is 4.74 Å². The van der Waals surface area contributed by atoms with Crippen molar-refractivity contribution in [2.45, 2.75) is 13.0 Å². The Morgan fingerprint density at radius 1 is 1.73 bits per heavy atom. The average Bonchev–Trinajstić information content (AvgIpc) is 1.96. The Morgan fingerprint density at radius 3 is 2.82 bits per heavy atom. The van der Waals surface area contributed by atoms with Gasteiger partial charge < -0.3 is 9.47 Å². The molecule has 2 nitrogen and oxygen atoms in total. The van der Waals surface area contributed by atoms with Gasteiger partial charge in [0.1, 0.15) is 12.5 Å². The molecule has 0 radical (unpaired) electrons. The molecule has 0 aliphatic carbocycles. The quantitative estimate of drug-likeness (QED) is 0.592. The van der Waals surface area contributed by atoms with Crippen LogP contribution in [0.15, 0.2) is 12.3 Å². The zero-order chi connectivity index (χ0) is 8.32. The Labute approximate surface area is 63.8 Å². The van der Waals surface area contributed by atoms with Crippen LogP contribution in [0.2, 0.25) is 0 Å². The van der Waals surface area contributed by atoms with Crippen LogP contribution in [0.3, 0.4) is 0 Å². The number of rotatable bonds is 3. The highest BCUT2D eigenvalue weighted by Crippen LogP contribution is 2.35. The van der Waals surface area contributed by atoms with Crippen molar-refractivity contribution in [2.75, 3.05) is 13.2 Å². The minimum absolute atomic E-state index is 0.0251. The molecule has 1 rings (SSSR count). The molecule has 0 aromatic carbocycles. The molecule has 1 aliphatic heterocycles. The van der Waals surface area contributed by atoms with Crippen molar-refractivity contribution in [3.8, 4) is 0 Å². The van der Waals surface area contributed by atoms with Gasteiger partial charge in [0.25, 0.3) is 0 Å². The zero-order valence-corrected chi connectivity index (χ0v) is 6.22. The van der Waals surface area contributed by atoms with E-state index in [1.165, 1.54) is 6.26 Å². The van der Waals surface area contributed by atoms with Gasteiger partial charge in [-0.2, -0.15) is 8.78 Å². The van der Waals surface area contributed by atoms with Gasteiger partial charge in [0.05, 0.1) is 12.9 Å². The Bertz CT molecular complexity index is 157. The van der Waals surface area contributed by atoms with Gasteiger partial charge >= 0.3 is 6.11 Å². The van der Waals surface area contributed by atoms with Crippen LogP contribution in [0.25, 0.3) is 0 Å². The van der Waals surface area contributed by atoms with Gasteiger partial charge in [-0.05, 0) is 6.92 Å². The van der Waals surface area contributed by atoms with Crippen LogP contribution in [0.5, 0.6) is 0 Å². The molecule has 1 saturated heterocycles. The molecule has 0 aromatic rings. The molecule has 4 heteroatoms. The molecule has 1 fully saturated rings. The SMILES string of the molecule is CC=COCC1COC1(F)F. The molecule has 0 bridgehead atoms. The molecule has 1 unspecified atom stereocenters. The summed E-state index contributed by atoms with van der Waals surface area (Å²) in [5.74, 6) is -0.779. The highest BCUT2D eigenvalue weighted by Gasteiger charge is 2.50. The van der Waals surface area contributed by atoms with Crippen molar-refractivity contribution >= 4 is 0 Å². The third-order valence-corrected chi connectivity index (χ3v) is 1.48. The van der Waals surface area contributed by atoms with Crippen molar-refractivity contribution in [1.82, 2.24) is 0 Å². The van der Waals surface area contributed by atoms with Crippen LogP contribution in [-0.4, -0.2) is 19.3 Å². The maximum absolute atomic E-state index is 12.3. The molecule has 1 aliphatic rings. The van der Waals surface area contributed by atoms with Crippen LogP contribution in [0, 0.1) is 5.92 Å². The lowest BCUT2D eigenvalue weighted by Crippen LogP contribution is -2.48. The van der Waals surface area contributed by atoms with Gasteiger partial charge in [-0.15, -0.1) is 0 Å². The van der Waals surface area contributed by atoms with Crippen LogP contribution in [0.4, 0.5) is 8.78 Å². The third-order valence-electron chi connectivity index (χ3n) is 1.48. The summed E-state index contributed by atoms with van der Waals surface area (Å²) in [4.78, 5) is 0. The molecular formula is C7H10F2O2. The molecule has 1 heterocycles. The lowest BCUT2D eigenvalue weighted by molar-refractivity contribution is -0.362. The number of hydrogen-bond acceptors (Lipinski definition) is 2. The Kier molecular flexibility index (Phi) is 2.44. The van der Waals surface area contributed by atoms with E-state index in [2.05, 4.69) is 4.74 Å². The normalized spacial score (nSPS) is 28.5. The van der Waals surface area contributed by atoms with Crippen molar-refractivity contribution in [1.29, 1.82) is 0 Å². The lowest BCUT2D eigenvalue weighted by Gasteiger charge is -2.34. The Morgan fingerprint density at radius 2 is 2.45 bits per heavy atom. The fourth-order valence-electron chi connectivity index (χ4n) is 0.740. The molecule has 1 atom stereocenters. The molecule has 11 heavy (non-hydrogen) atoms. The predicted octanol–water partition coefficient (Wildman–Crippen LogP) is 1.78. The smallest absolute Gasteiger partial charge is 0.364 e. The first-order valence-corrected chi connectivity index (χ1v) is 3.41. The van der Waals surface area contributed by atoms with Gasteiger partial charge in [-0.25, -0.2) is 0 Å². The number of ether oxygens (including phenoxy) is 2. The van der Waals surface area contributed by atoms with Gasteiger partial charge in [-0.3, -0.25) is 0 Å². The van der Waals surface area contributed by atoms with Gasteiger partial charge in [0.15, 0.2) is 0 Å². The summed E-state index contributed by atoms with van der Waals surface area (Å²) in [6.07, 6.45) is 0.0770. The Hall–Kier alpha value is -0.640. The van der Waals surface area contributed by atoms with Crippen molar-refractivity contribution in [3.63, 3.8) is 0 Å². The maximum Gasteiger partial charge on any atom is 0.364 e. The van der Waals surface area contributed by atoms with E-state index in [0.717, 1.165) is 0 Å². The van der Waals surface area contributed by atoms with E-state index in [1.54, 1.807) is 13.0 Å². The largest absolute Gasteiger partial charge is 0.501 e. The summed E-state index contributed by atoms with van der Waals surface area (Å²) in [7, 11) is 0. The second kappa shape index (κ2) is 3.17. The summed E-state index contributed by atoms with van der Waals surface area (Å²) in [5, 5.41) is 0. The van der Waals surface area contributed by atoms with E-state index < -0.39 is 12.0 Å². The van der Waals surface area contributed by atoms with E-state index in [-0.39, 0.29) is 13.2 Å². The van der Waals surface area contributed by atoms with Gasteiger partial charge in [0, 0.05) is 0 Å². The summed E-state index contributed by atoms with van der Waals surface area (Å²) >= 11 is 0. The summed E-state index contributed by atoms with van der Waals surface area (Å²) in [5.41, 5.74) is 0. The van der Waals surface area contributed by atoms with Crippen molar-refractivity contribution in [3.05, 3.63) is 12.3 Å². The lowest BCUT2D eigenvalue weighted by atomic mass is 10.1. The minimum atomic E-state index is -2.97. The molecule has 0 spiro atoms. The second-order valence-electron chi connectivity index (χ2n) is 2.37. The number of halogens is 2. The fraction of sp³-hybridized carbons (Fsp3) is 0.714. The average molecular weight is 164 g/mol. The number of hydrogen-bond donors (Lipinski definition) is 0. The van der Waals surface area contributed by atoms with Gasteiger partial charge in [-0.1, -0.05) is 6.08 Å². The van der Waals surface area contributed by atoms with Crippen LogP contribution >= 0.6 is 0 Å². The summed E-state index contributed by atoms with van der Waals surface area (Å²) < 4.78 is 33.4. The van der Waals surface area contributed by atoms with Gasteiger partial charge in [0.2, 0.25) is 0 Å². The van der Waals surface area contributed by atoms with Crippen molar-refractivity contribution in [2.24, 2.45) is 5.92 Å². The first kappa shape index (κ1) is 8.46. The third kappa shape index (κ3) is 1.89. The fourth-order valence-corrected chi connectivity index (χ4v) is 0.740. The topological polar surface area (TPSA) is 18.5 Å². The first-order chi connectivity index (χ1) is 5.17. The molecular weight excluding hydrogens is 154 g/mol. The van der Waals surface area contributed by atoms with Crippen LogP contribution in [0.1, 0.15) is 6.92 Å². The Balaban J connectivity index is 2.18. The zero-order valence-electron chi connectivity index (χ0n) is 6.22. The standard InChI is InChI=1S/C7H10F2O2/c1-2-3-10-4-6-5-11-7(6,8)9/h2-3,6H,4-5H2,1H3. The molecule has 0 saturated carbocycles. The summed E-state index contributed by atoms with van der Waals surface area (Å²) in [6.45, 7) is 1.87. The van der Waals surface area contributed by atoms with Crippen molar-refractivity contribution < 1.29 is 18.3 Å². The van der Waals surface area contributed by atoms with E-state index in [9.17, 15) is 8.78 Å². The number of allylic oxidation sites excluding steroid dienone is 1. The van der Waals surface area contributed by atoms with Crippen LogP contribution < -0.4 is 0 Å². The minimum Gasteiger partial charge on any atom is -0.501 e. The monoisotopic (exact) mass is 164 g/mol. The maximum atomic E-state index is 12.3. The first-order valence-electron chi connectivity index (χ1n) is 3.41. The molecule has 0 amide bonds. The van der Waals surface area contributed by atoms with E-state index in [0.29, 0.717) is 0 Å². The molecule has 64 valence electrons. The highest BCUT2D eigenvalue weighted by molar-refractivity contribution is 4.78. The second-order valence-corrected chi connectivity index (χ2v) is 2.37. The summed E-state index contributed by atoms with van der Waals surface area (Å²) in [6, 6.07) is 0. The molecule has 0 N–H and O–H groups in total. The van der Waals surface area contributed by atoms with E-state index in [1.807, 2.05) is 0 Å².